The highest BCUT2D eigenvalue weighted by Gasteiger charge is 2.34. The van der Waals surface area contributed by atoms with E-state index in [1.165, 1.54) is 23.6 Å². The summed E-state index contributed by atoms with van der Waals surface area (Å²) in [6.07, 6.45) is 5.62. The van der Waals surface area contributed by atoms with Crippen molar-refractivity contribution in [3.05, 3.63) is 29.8 Å². The second-order valence-electron chi connectivity index (χ2n) is 6.86. The van der Waals surface area contributed by atoms with Crippen LogP contribution in [-0.4, -0.2) is 42.9 Å². The van der Waals surface area contributed by atoms with Crippen molar-refractivity contribution in [1.29, 1.82) is 0 Å². The van der Waals surface area contributed by atoms with Crippen LogP contribution in [-0.2, 0) is 10.0 Å². The van der Waals surface area contributed by atoms with Crippen molar-refractivity contribution < 1.29 is 13.5 Å². The van der Waals surface area contributed by atoms with Gasteiger partial charge in [-0.1, -0.05) is 49.8 Å². The Morgan fingerprint density at radius 2 is 1.79 bits per heavy atom. The lowest BCUT2D eigenvalue weighted by Crippen LogP contribution is -2.46. The first-order valence-electron chi connectivity index (χ1n) is 8.65. The molecule has 0 aromatic heterocycles. The molecule has 0 spiro atoms. The van der Waals surface area contributed by atoms with E-state index in [-0.39, 0.29) is 10.8 Å². The van der Waals surface area contributed by atoms with Crippen molar-refractivity contribution in [3.63, 3.8) is 0 Å². The topological polar surface area (TPSA) is 57.6 Å². The average Bonchev–Trinajstić information content (AvgIpc) is 2.59. The fourth-order valence-electron chi connectivity index (χ4n) is 3.47. The van der Waals surface area contributed by atoms with E-state index in [2.05, 4.69) is 0 Å². The summed E-state index contributed by atoms with van der Waals surface area (Å²) in [5.41, 5.74) is 1.01. The SMILES string of the molecule is Cc1ccc(S(=O)(=O)N(C)[C@@H](CC2CCCCC2)C(O)CCl)cc1. The van der Waals surface area contributed by atoms with E-state index >= 15 is 0 Å². The third-order valence-electron chi connectivity index (χ3n) is 5.07. The molecule has 4 nitrogen and oxygen atoms in total. The maximum atomic E-state index is 12.9. The highest BCUT2D eigenvalue weighted by Crippen LogP contribution is 2.31. The molecule has 1 saturated carbocycles. The Balaban J connectivity index is 2.21. The van der Waals surface area contributed by atoms with E-state index in [9.17, 15) is 13.5 Å². The number of hydrogen-bond acceptors (Lipinski definition) is 3. The number of aliphatic hydroxyl groups is 1. The van der Waals surface area contributed by atoms with Crippen LogP contribution in [0, 0.1) is 12.8 Å². The predicted molar refractivity (Wildman–Crippen MR) is 97.8 cm³/mol. The van der Waals surface area contributed by atoms with Gasteiger partial charge in [0.15, 0.2) is 0 Å². The zero-order valence-electron chi connectivity index (χ0n) is 14.5. The molecule has 0 bridgehead atoms. The van der Waals surface area contributed by atoms with Gasteiger partial charge in [-0.3, -0.25) is 0 Å². The van der Waals surface area contributed by atoms with Crippen LogP contribution >= 0.6 is 11.6 Å². The summed E-state index contributed by atoms with van der Waals surface area (Å²) >= 11 is 5.85. The molecule has 1 fully saturated rings. The summed E-state index contributed by atoms with van der Waals surface area (Å²) < 4.78 is 27.2. The van der Waals surface area contributed by atoms with Crippen molar-refractivity contribution in [2.75, 3.05) is 12.9 Å². The lowest BCUT2D eigenvalue weighted by atomic mass is 9.84. The molecule has 2 atom stereocenters. The number of likely N-dealkylation sites (N-methyl/N-ethyl adjacent to an activating group) is 1. The van der Waals surface area contributed by atoms with Crippen LogP contribution < -0.4 is 0 Å². The molecule has 0 aliphatic heterocycles. The highest BCUT2D eigenvalue weighted by molar-refractivity contribution is 7.89. The smallest absolute Gasteiger partial charge is 0.243 e. The molecule has 2 rings (SSSR count). The van der Waals surface area contributed by atoms with Gasteiger partial charge in [-0.15, -0.1) is 11.6 Å². The van der Waals surface area contributed by atoms with Gasteiger partial charge < -0.3 is 5.11 Å². The first-order chi connectivity index (χ1) is 11.4. The van der Waals surface area contributed by atoms with Crippen molar-refractivity contribution in [3.8, 4) is 0 Å². The minimum Gasteiger partial charge on any atom is -0.390 e. The molecular formula is C18H28ClNO3S. The van der Waals surface area contributed by atoms with Gasteiger partial charge in [0.05, 0.1) is 17.0 Å². The minimum absolute atomic E-state index is 0.0329. The molecule has 1 aliphatic carbocycles. The summed E-state index contributed by atoms with van der Waals surface area (Å²) in [7, 11) is -2.09. The summed E-state index contributed by atoms with van der Waals surface area (Å²) in [5, 5.41) is 10.3. The van der Waals surface area contributed by atoms with Crippen LogP contribution in [0.1, 0.15) is 44.1 Å². The van der Waals surface area contributed by atoms with Gasteiger partial charge in [0.2, 0.25) is 10.0 Å². The Morgan fingerprint density at radius 3 is 2.33 bits per heavy atom. The van der Waals surface area contributed by atoms with Crippen LogP contribution in [0.2, 0.25) is 0 Å². The zero-order chi connectivity index (χ0) is 17.7. The molecule has 1 unspecified atom stereocenters. The number of aryl methyl sites for hydroxylation is 1. The van der Waals surface area contributed by atoms with Gasteiger partial charge in [0, 0.05) is 12.9 Å². The van der Waals surface area contributed by atoms with Crippen LogP contribution in [0.4, 0.5) is 0 Å². The Hall–Kier alpha value is -0.620. The number of benzene rings is 1. The van der Waals surface area contributed by atoms with Crippen LogP contribution in [0.15, 0.2) is 29.2 Å². The number of sulfonamides is 1. The average molecular weight is 374 g/mol. The van der Waals surface area contributed by atoms with Crippen LogP contribution in [0.25, 0.3) is 0 Å². The zero-order valence-corrected chi connectivity index (χ0v) is 16.1. The lowest BCUT2D eigenvalue weighted by molar-refractivity contribution is 0.0953. The Labute approximate surface area is 150 Å². The van der Waals surface area contributed by atoms with Gasteiger partial charge in [-0.25, -0.2) is 8.42 Å². The van der Waals surface area contributed by atoms with Gasteiger partial charge in [0.25, 0.3) is 0 Å². The number of rotatable bonds is 7. The molecule has 1 aliphatic rings. The second-order valence-corrected chi connectivity index (χ2v) is 9.17. The minimum atomic E-state index is -3.65. The van der Waals surface area contributed by atoms with E-state index in [4.69, 9.17) is 11.6 Å². The number of halogens is 1. The first kappa shape index (κ1) is 19.7. The van der Waals surface area contributed by atoms with Crippen molar-refractivity contribution >= 4 is 21.6 Å². The molecule has 0 amide bonds. The lowest BCUT2D eigenvalue weighted by Gasteiger charge is -2.34. The monoisotopic (exact) mass is 373 g/mol. The largest absolute Gasteiger partial charge is 0.390 e. The quantitative estimate of drug-likeness (QED) is 0.743. The molecular weight excluding hydrogens is 346 g/mol. The second kappa shape index (κ2) is 8.65. The number of alkyl halides is 1. The summed E-state index contributed by atoms with van der Waals surface area (Å²) in [4.78, 5) is 0.256. The number of hydrogen-bond donors (Lipinski definition) is 1. The Morgan fingerprint density at radius 1 is 1.21 bits per heavy atom. The van der Waals surface area contributed by atoms with Gasteiger partial charge in [-0.05, 0) is 31.4 Å². The molecule has 1 N–H and O–H groups in total. The summed E-state index contributed by atoms with van der Waals surface area (Å²) in [6, 6.07) is 6.32. The van der Waals surface area contributed by atoms with Crippen molar-refractivity contribution in [2.24, 2.45) is 5.92 Å². The van der Waals surface area contributed by atoms with E-state index < -0.39 is 22.2 Å². The van der Waals surface area contributed by atoms with E-state index in [1.807, 2.05) is 6.92 Å². The van der Waals surface area contributed by atoms with Crippen molar-refractivity contribution in [2.45, 2.75) is 62.5 Å². The molecule has 1 aromatic carbocycles. The summed E-state index contributed by atoms with van der Waals surface area (Å²) in [5.74, 6) is 0.489. The summed E-state index contributed by atoms with van der Waals surface area (Å²) in [6.45, 7) is 1.92. The number of aliphatic hydroxyl groups excluding tert-OH is 1. The van der Waals surface area contributed by atoms with Gasteiger partial charge >= 0.3 is 0 Å². The first-order valence-corrected chi connectivity index (χ1v) is 10.6. The van der Waals surface area contributed by atoms with E-state index in [1.54, 1.807) is 31.3 Å². The maximum Gasteiger partial charge on any atom is 0.243 e. The third kappa shape index (κ3) is 4.72. The Bertz CT molecular complexity index is 612. The van der Waals surface area contributed by atoms with Crippen molar-refractivity contribution in [1.82, 2.24) is 4.31 Å². The van der Waals surface area contributed by atoms with E-state index in [0.717, 1.165) is 18.4 Å². The predicted octanol–water partition coefficient (Wildman–Crippen LogP) is 3.55. The molecule has 24 heavy (non-hydrogen) atoms. The molecule has 1 aromatic rings. The van der Waals surface area contributed by atoms with Crippen LogP contribution in [0.5, 0.6) is 0 Å². The van der Waals surface area contributed by atoms with Crippen LogP contribution in [0.3, 0.4) is 0 Å². The molecule has 136 valence electrons. The normalized spacial score (nSPS) is 19.4. The maximum absolute atomic E-state index is 12.9. The fourth-order valence-corrected chi connectivity index (χ4v) is 5.07. The third-order valence-corrected chi connectivity index (χ3v) is 7.28. The standard InChI is InChI=1S/C18H28ClNO3S/c1-14-8-10-16(11-9-14)24(22,23)20(2)17(18(21)13-19)12-15-6-4-3-5-7-15/h8-11,15,17-18,21H,3-7,12-13H2,1-2H3/t17-,18?/m0/s1. The Kier molecular flexibility index (Phi) is 7.10. The number of nitrogens with zero attached hydrogens (tertiary/aromatic N) is 1. The van der Waals surface area contributed by atoms with Gasteiger partial charge in [-0.2, -0.15) is 4.31 Å². The van der Waals surface area contributed by atoms with E-state index in [0.29, 0.717) is 12.3 Å². The molecule has 0 saturated heterocycles. The highest BCUT2D eigenvalue weighted by atomic mass is 35.5. The molecule has 0 radical (unpaired) electrons. The van der Waals surface area contributed by atoms with Gasteiger partial charge in [0.1, 0.15) is 0 Å². The molecule has 0 heterocycles. The molecule has 6 heteroatoms. The fraction of sp³-hybridized carbons (Fsp3) is 0.667.